The minimum Gasteiger partial charge on any atom is -0.488 e. The number of hydrogen-bond donors (Lipinski definition) is 2. The molecule has 0 bridgehead atoms. The number of aliphatic hydroxyl groups excluding tert-OH is 1. The fourth-order valence-electron chi connectivity index (χ4n) is 1.62. The van der Waals surface area contributed by atoms with Gasteiger partial charge in [0.2, 0.25) is 0 Å². The third-order valence-corrected chi connectivity index (χ3v) is 3.49. The maximum atomic E-state index is 9.49. The van der Waals surface area contributed by atoms with E-state index in [-0.39, 0.29) is 6.10 Å². The number of para-hydroxylation sites is 1. The number of hydrogen-bond acceptors (Lipinski definition) is 3. The van der Waals surface area contributed by atoms with Gasteiger partial charge in [-0.15, -0.1) is 0 Å². The van der Waals surface area contributed by atoms with Gasteiger partial charge in [0, 0.05) is 0 Å². The molecule has 1 aromatic carbocycles. The van der Waals surface area contributed by atoms with Gasteiger partial charge >= 0.3 is 0 Å². The maximum Gasteiger partial charge on any atom is 0.123 e. The number of nitrogens with one attached hydrogen (secondary N) is 1. The van der Waals surface area contributed by atoms with Crippen LogP contribution in [0, 0.1) is 0 Å². The maximum absolute atomic E-state index is 9.49. The van der Waals surface area contributed by atoms with Gasteiger partial charge in [-0.3, -0.25) is 5.09 Å². The van der Waals surface area contributed by atoms with Crippen molar-refractivity contribution in [2.45, 2.75) is 38.9 Å². The zero-order valence-corrected chi connectivity index (χ0v) is 12.4. The third-order valence-electron chi connectivity index (χ3n) is 2.89. The molecule has 0 aromatic heterocycles. The molecule has 0 heterocycles. The fraction of sp³-hybridized carbons (Fsp3) is 0.571. The molecular weight excluding hydrogens is 245 g/mol. The summed E-state index contributed by atoms with van der Waals surface area (Å²) in [4.78, 5) is 0. The van der Waals surface area contributed by atoms with Crippen molar-refractivity contribution in [3.8, 4) is 5.75 Å². The van der Waals surface area contributed by atoms with Gasteiger partial charge in [0.1, 0.15) is 11.9 Å². The van der Waals surface area contributed by atoms with E-state index in [4.69, 9.17) is 4.74 Å². The molecule has 0 aliphatic carbocycles. The van der Waals surface area contributed by atoms with Gasteiger partial charge in [0.15, 0.2) is 0 Å². The van der Waals surface area contributed by atoms with Crippen LogP contribution in [0.25, 0.3) is 0 Å². The lowest BCUT2D eigenvalue weighted by Gasteiger charge is -2.19. The van der Waals surface area contributed by atoms with Crippen LogP contribution < -0.4 is 9.82 Å². The minimum atomic E-state index is -0.457. The average Bonchev–Trinajstić information content (AvgIpc) is 2.36. The smallest absolute Gasteiger partial charge is 0.123 e. The highest BCUT2D eigenvalue weighted by Crippen LogP contribution is 2.21. The van der Waals surface area contributed by atoms with E-state index in [2.05, 4.69) is 17.8 Å². The lowest BCUT2D eigenvalue weighted by molar-refractivity contribution is 0.0598. The normalized spacial score (nSPS) is 14.9. The topological polar surface area (TPSA) is 41.5 Å². The van der Waals surface area contributed by atoms with Crippen LogP contribution in [-0.2, 0) is 6.42 Å². The van der Waals surface area contributed by atoms with Crippen LogP contribution in [0.5, 0.6) is 5.75 Å². The Bertz CT molecular complexity index is 344. The number of benzene rings is 1. The number of rotatable bonds is 8. The van der Waals surface area contributed by atoms with Gasteiger partial charge in [-0.05, 0) is 51.5 Å². The number of aryl methyl sites for hydroxylation is 1. The Kier molecular flexibility index (Phi) is 7.26. The standard InChI is InChI=1S/C14H24NO2P/c1-11(16)12(2)17-14-9-5-4-7-13(14)8-6-10-15-18-3/h4-5,7,9,11-12,15-16,18H,6,8,10H2,1-3H3. The summed E-state index contributed by atoms with van der Waals surface area (Å²) in [5, 5.41) is 12.8. The Labute approximate surface area is 112 Å². The molecule has 3 unspecified atom stereocenters. The largest absolute Gasteiger partial charge is 0.488 e. The minimum absolute atomic E-state index is 0.179. The second-order valence-corrected chi connectivity index (χ2v) is 5.31. The molecule has 102 valence electrons. The van der Waals surface area contributed by atoms with Gasteiger partial charge in [-0.25, -0.2) is 0 Å². The van der Waals surface area contributed by atoms with E-state index < -0.39 is 6.10 Å². The zero-order valence-electron chi connectivity index (χ0n) is 11.4. The quantitative estimate of drug-likeness (QED) is 0.563. The number of aliphatic hydroxyl groups is 1. The Morgan fingerprint density at radius 2 is 2.06 bits per heavy atom. The van der Waals surface area contributed by atoms with E-state index in [9.17, 15) is 5.11 Å². The first-order chi connectivity index (χ1) is 8.65. The molecule has 1 aromatic rings. The molecule has 1 rings (SSSR count). The van der Waals surface area contributed by atoms with Crippen LogP contribution in [0.1, 0.15) is 25.8 Å². The summed E-state index contributed by atoms with van der Waals surface area (Å²) in [6, 6.07) is 8.07. The van der Waals surface area contributed by atoms with E-state index in [1.807, 2.05) is 25.1 Å². The predicted molar refractivity (Wildman–Crippen MR) is 78.8 cm³/mol. The summed E-state index contributed by atoms with van der Waals surface area (Å²) in [6.45, 7) is 6.82. The SMILES string of the molecule is CPNCCCc1ccccc1OC(C)C(C)O. The van der Waals surface area contributed by atoms with E-state index in [0.29, 0.717) is 0 Å². The van der Waals surface area contributed by atoms with Gasteiger partial charge in [0.25, 0.3) is 0 Å². The van der Waals surface area contributed by atoms with Gasteiger partial charge in [-0.2, -0.15) is 0 Å². The average molecular weight is 269 g/mol. The molecule has 0 aliphatic rings. The van der Waals surface area contributed by atoms with Crippen molar-refractivity contribution in [3.63, 3.8) is 0 Å². The molecule has 4 heteroatoms. The Hall–Kier alpha value is -0.630. The molecule has 0 saturated carbocycles. The molecule has 0 spiro atoms. The Morgan fingerprint density at radius 3 is 2.72 bits per heavy atom. The summed E-state index contributed by atoms with van der Waals surface area (Å²) in [7, 11) is 0.801. The zero-order chi connectivity index (χ0) is 13.4. The first-order valence-electron chi connectivity index (χ1n) is 6.47. The van der Waals surface area contributed by atoms with E-state index in [1.54, 1.807) is 6.92 Å². The summed E-state index contributed by atoms with van der Waals surface area (Å²) in [6.07, 6.45) is 1.46. The molecule has 2 N–H and O–H groups in total. The highest BCUT2D eigenvalue weighted by Gasteiger charge is 2.12. The lowest BCUT2D eigenvalue weighted by atomic mass is 10.1. The van der Waals surface area contributed by atoms with Crippen LogP contribution in [0.4, 0.5) is 0 Å². The van der Waals surface area contributed by atoms with Crippen LogP contribution in [-0.4, -0.2) is 30.5 Å². The molecule has 0 radical (unpaired) electrons. The predicted octanol–water partition coefficient (Wildman–Crippen LogP) is 2.58. The lowest BCUT2D eigenvalue weighted by Crippen LogP contribution is -2.26. The summed E-state index contributed by atoms with van der Waals surface area (Å²) in [5.41, 5.74) is 1.21. The number of ether oxygens (including phenoxy) is 1. The van der Waals surface area contributed by atoms with Crippen molar-refractivity contribution in [1.82, 2.24) is 5.09 Å². The van der Waals surface area contributed by atoms with Crippen molar-refractivity contribution in [2.24, 2.45) is 0 Å². The van der Waals surface area contributed by atoms with E-state index >= 15 is 0 Å². The van der Waals surface area contributed by atoms with Crippen LogP contribution in [0.15, 0.2) is 24.3 Å². The second kappa shape index (κ2) is 8.47. The van der Waals surface area contributed by atoms with Crippen molar-refractivity contribution < 1.29 is 9.84 Å². The van der Waals surface area contributed by atoms with E-state index in [1.165, 1.54) is 5.56 Å². The molecular formula is C14H24NO2P. The molecule has 0 saturated heterocycles. The molecule has 18 heavy (non-hydrogen) atoms. The summed E-state index contributed by atoms with van der Waals surface area (Å²) in [5.74, 6) is 0.893. The second-order valence-electron chi connectivity index (χ2n) is 4.45. The van der Waals surface area contributed by atoms with Crippen molar-refractivity contribution in [2.75, 3.05) is 13.2 Å². The monoisotopic (exact) mass is 269 g/mol. The molecule has 0 fully saturated rings. The fourth-order valence-corrected chi connectivity index (χ4v) is 2.04. The van der Waals surface area contributed by atoms with E-state index in [0.717, 1.165) is 33.9 Å². The van der Waals surface area contributed by atoms with Gasteiger partial charge in [0.05, 0.1) is 6.10 Å². The van der Waals surface area contributed by atoms with Gasteiger partial charge in [-0.1, -0.05) is 26.9 Å². The first-order valence-corrected chi connectivity index (χ1v) is 7.97. The molecule has 0 amide bonds. The highest BCUT2D eigenvalue weighted by atomic mass is 31.1. The first kappa shape index (κ1) is 15.4. The Morgan fingerprint density at radius 1 is 1.33 bits per heavy atom. The molecule has 0 aliphatic heterocycles. The van der Waals surface area contributed by atoms with Gasteiger partial charge < -0.3 is 9.84 Å². The summed E-state index contributed by atoms with van der Waals surface area (Å²) >= 11 is 0. The van der Waals surface area contributed by atoms with Crippen molar-refractivity contribution >= 4 is 8.73 Å². The van der Waals surface area contributed by atoms with Crippen molar-refractivity contribution in [3.05, 3.63) is 29.8 Å². The molecule has 3 atom stereocenters. The van der Waals surface area contributed by atoms with Crippen LogP contribution >= 0.6 is 8.73 Å². The molecule has 3 nitrogen and oxygen atoms in total. The van der Waals surface area contributed by atoms with Crippen LogP contribution in [0.3, 0.4) is 0 Å². The van der Waals surface area contributed by atoms with Crippen molar-refractivity contribution in [1.29, 1.82) is 0 Å². The van der Waals surface area contributed by atoms with Crippen LogP contribution in [0.2, 0.25) is 0 Å². The highest BCUT2D eigenvalue weighted by molar-refractivity contribution is 7.34. The Balaban J connectivity index is 2.56. The third kappa shape index (κ3) is 5.34. The summed E-state index contributed by atoms with van der Waals surface area (Å²) < 4.78 is 5.80.